The Morgan fingerprint density at radius 3 is 0.554 bits per heavy atom. The molecule has 0 spiro atoms. The predicted octanol–water partition coefficient (Wildman–Crippen LogP) is 13.0. The molecule has 1 aliphatic rings. The van der Waals surface area contributed by atoms with E-state index in [9.17, 15) is 0 Å². The van der Waals surface area contributed by atoms with Crippen molar-refractivity contribution in [2.75, 3.05) is 0 Å². The van der Waals surface area contributed by atoms with Crippen LogP contribution in [0.5, 0.6) is 0 Å². The molecule has 0 radical (unpaired) electrons. The maximum Gasteiger partial charge on any atom is -1.00 e. The van der Waals surface area contributed by atoms with Crippen LogP contribution >= 0.6 is 0 Å². The van der Waals surface area contributed by atoms with E-state index < -0.39 is 13.1 Å². The molecule has 0 fully saturated rings. The smallest absolute Gasteiger partial charge is 1.00 e. The minimum atomic E-state index is -4.21. The molecular weight excluding hydrogens is 1230 g/mol. The monoisotopic (exact) mass is 1300 g/mol. The van der Waals surface area contributed by atoms with Crippen LogP contribution in [0.1, 0.15) is 61.1 Å². The summed E-state index contributed by atoms with van der Waals surface area (Å²) in [5, 5.41) is 3.69. The van der Waals surface area contributed by atoms with Gasteiger partial charge in [-0.3, -0.25) is 0 Å². The van der Waals surface area contributed by atoms with Crippen molar-refractivity contribution < 1.29 is 57.7 Å². The number of halogens is 3. The van der Waals surface area contributed by atoms with Crippen LogP contribution in [0.15, 0.2) is 294 Å². The minimum absolute atomic E-state index is 0. The van der Waals surface area contributed by atoms with E-state index in [1.54, 1.807) is 0 Å². The van der Waals surface area contributed by atoms with Gasteiger partial charge >= 0.3 is 545 Å². The van der Waals surface area contributed by atoms with Gasteiger partial charge in [0.25, 0.3) is 0 Å². The average molecular weight is 1300 g/mol. The van der Waals surface area contributed by atoms with Crippen LogP contribution in [0, 0.1) is 41.5 Å². The molecule has 0 N–H and O–H groups in total. The molecule has 5 heteroatoms. The van der Waals surface area contributed by atoms with E-state index in [0.717, 1.165) is 0 Å². The third-order valence-corrected chi connectivity index (χ3v) is 28.2. The van der Waals surface area contributed by atoms with Crippen molar-refractivity contribution in [3.63, 3.8) is 0 Å². The van der Waals surface area contributed by atoms with Crippen LogP contribution in [0.4, 0.5) is 0 Å². The molecule has 452 valence electrons. The zero-order valence-electron chi connectivity index (χ0n) is 54.1. The fourth-order valence-corrected chi connectivity index (χ4v) is 25.3. The van der Waals surface area contributed by atoms with E-state index >= 15 is 0 Å². The van der Waals surface area contributed by atoms with Crippen molar-refractivity contribution in [1.82, 2.24) is 0 Å². The Labute approximate surface area is 578 Å². The number of hydrogen-bond acceptors (Lipinski definition) is 0. The van der Waals surface area contributed by atoms with Gasteiger partial charge < -0.3 is 37.2 Å². The van der Waals surface area contributed by atoms with E-state index in [1.165, 1.54) is 170 Å². The molecule has 0 aromatic heterocycles. The van der Waals surface area contributed by atoms with Gasteiger partial charge in [-0.15, -0.1) is 0 Å². The van der Waals surface area contributed by atoms with Crippen LogP contribution in [-0.4, -0.2) is 8.07 Å². The molecule has 0 nitrogen and oxygen atoms in total. The Balaban J connectivity index is 0.00000309. The van der Waals surface area contributed by atoms with Gasteiger partial charge in [-0.25, -0.2) is 0 Å². The Morgan fingerprint density at radius 1 is 0.228 bits per heavy atom. The quantitative estimate of drug-likeness (QED) is 0.0797. The second-order valence-electron chi connectivity index (χ2n) is 24.7. The fraction of sp³-hybridized carbons (Fsp3) is 0.126. The van der Waals surface area contributed by atoms with Crippen molar-refractivity contribution in [2.24, 2.45) is 0 Å². The SMILES string of the molecule is CC1=C(C)C(C)([Si](c2c(C)c(-c3ccccc3)c(-c3ccccc3)c(C)c2-c2ccccc2)(c2c(C)c(-c3ccccc3)c(-c3ccccc3)c(C)c2-c2ccccc2)c2c(C)c(-c3ccccc3)c(-c3ccccc3)c(C)c2-c2ccccc2)[C]([Ti+3])=C1C.[Cl-].[Cl-].[Cl-]. The number of rotatable bonds is 13. The summed E-state index contributed by atoms with van der Waals surface area (Å²) in [6, 6.07) is 103. The van der Waals surface area contributed by atoms with Crippen molar-refractivity contribution in [1.29, 1.82) is 0 Å². The van der Waals surface area contributed by atoms with Crippen LogP contribution in [0.2, 0.25) is 5.04 Å². The molecule has 0 heterocycles. The first-order valence-electron chi connectivity index (χ1n) is 31.4. The molecule has 1 unspecified atom stereocenters. The molecule has 0 bridgehead atoms. The van der Waals surface area contributed by atoms with Crippen molar-refractivity contribution in [3.05, 3.63) is 327 Å². The zero-order chi connectivity index (χ0) is 61.7. The van der Waals surface area contributed by atoms with Gasteiger partial charge in [0.05, 0.1) is 0 Å². The molecule has 12 aromatic rings. The third-order valence-electron chi connectivity index (χ3n) is 20.2. The van der Waals surface area contributed by atoms with Crippen molar-refractivity contribution >= 4 is 23.6 Å². The van der Waals surface area contributed by atoms with Crippen LogP contribution < -0.4 is 52.8 Å². The molecule has 12 aromatic carbocycles. The molecular formula is C87H75Cl3SiTi. The second-order valence-corrected chi connectivity index (χ2v) is 29.5. The maximum atomic E-state index is 2.73. The van der Waals surface area contributed by atoms with Crippen molar-refractivity contribution in [3.8, 4) is 100 Å². The second kappa shape index (κ2) is 27.6. The van der Waals surface area contributed by atoms with E-state index in [4.69, 9.17) is 0 Å². The summed E-state index contributed by atoms with van der Waals surface area (Å²) in [6.45, 7) is 25.1. The standard InChI is InChI=1S/C87H75Si.3ClH.Ti/c1-57-56-87(10,65(9)58(57)2)88(84-62(6)78(69-44-26-14-27-45-69)75(66-38-20-11-21-39-66)59(3)81(84)72-50-32-17-33-51-72,85-63(7)79(70-46-28-15-29-47-70)76(67-40-22-12-23-41-67)60(4)82(85)73-52-34-18-35-53-73)86-64(8)80(71-48-30-16-31-49-71)77(68-42-24-13-25-43-68)61(5)83(86)74-54-36-19-37-55-74;;;;/h11-55H,1-10H3;3*1H;/q;;;;+3/p-3. The molecule has 0 aliphatic heterocycles. The normalized spacial score (nSPS) is 13.7. The topological polar surface area (TPSA) is 0 Å². The maximum absolute atomic E-state index is 4.21. The molecule has 0 amide bonds. The van der Waals surface area contributed by atoms with Gasteiger partial charge in [0.15, 0.2) is 0 Å². The molecule has 1 aliphatic carbocycles. The van der Waals surface area contributed by atoms with Gasteiger partial charge in [0, 0.05) is 0 Å². The van der Waals surface area contributed by atoms with Gasteiger partial charge in [0.1, 0.15) is 0 Å². The van der Waals surface area contributed by atoms with E-state index in [0.29, 0.717) is 0 Å². The summed E-state index contributed by atoms with van der Waals surface area (Å²) in [5.74, 6) is 0. The molecule has 0 saturated heterocycles. The zero-order valence-corrected chi connectivity index (χ0v) is 58.9. The summed E-state index contributed by atoms with van der Waals surface area (Å²) in [5.41, 5.74) is 34.4. The first-order valence-corrected chi connectivity index (χ1v) is 34.2. The number of hydrogen-bond donors (Lipinski definition) is 0. The largest absolute Gasteiger partial charge is 1.00 e. The fourth-order valence-electron chi connectivity index (χ4n) is 16.1. The van der Waals surface area contributed by atoms with E-state index in [2.05, 4.69) is 363 Å². The molecule has 92 heavy (non-hydrogen) atoms. The molecule has 0 saturated carbocycles. The van der Waals surface area contributed by atoms with Crippen LogP contribution in [-0.2, 0) is 20.4 Å². The number of allylic oxidation sites excluding steroid dienone is 4. The Bertz CT molecular complexity index is 4240. The van der Waals surface area contributed by atoms with Crippen molar-refractivity contribution in [2.45, 2.75) is 74.3 Å². The summed E-state index contributed by atoms with van der Waals surface area (Å²) in [6.07, 6.45) is 0. The van der Waals surface area contributed by atoms with Gasteiger partial charge in [-0.2, -0.15) is 0 Å². The first-order chi connectivity index (χ1) is 43.3. The summed E-state index contributed by atoms with van der Waals surface area (Å²) in [7, 11) is -4.21. The number of benzene rings is 12. The molecule has 1 atom stereocenters. The predicted molar refractivity (Wildman–Crippen MR) is 381 cm³/mol. The first kappa shape index (κ1) is 66.8. The average Bonchev–Trinajstić information content (AvgIpc) is 1.09. The van der Waals surface area contributed by atoms with E-state index in [1.807, 2.05) is 0 Å². The minimum Gasteiger partial charge on any atom is -1.00 e. The Hall–Kier alpha value is -8.08. The Kier molecular flexibility index (Phi) is 20.1. The molecule has 13 rings (SSSR count). The summed E-state index contributed by atoms with van der Waals surface area (Å²) < 4.78 is 1.43. The van der Waals surface area contributed by atoms with Gasteiger partial charge in [-0.05, 0) is 0 Å². The van der Waals surface area contributed by atoms with Crippen LogP contribution in [0.3, 0.4) is 0 Å². The third kappa shape index (κ3) is 10.8. The van der Waals surface area contributed by atoms with Gasteiger partial charge in [0.2, 0.25) is 0 Å². The van der Waals surface area contributed by atoms with E-state index in [-0.39, 0.29) is 37.2 Å². The summed E-state index contributed by atoms with van der Waals surface area (Å²) >= 11 is 2.53. The van der Waals surface area contributed by atoms with Gasteiger partial charge in [-0.1, -0.05) is 0 Å². The summed E-state index contributed by atoms with van der Waals surface area (Å²) in [4.78, 5) is 0. The van der Waals surface area contributed by atoms with Crippen LogP contribution in [0.25, 0.3) is 100 Å². The Morgan fingerprint density at radius 2 is 0.391 bits per heavy atom.